The van der Waals surface area contributed by atoms with Crippen molar-refractivity contribution in [3.05, 3.63) is 23.8 Å². The van der Waals surface area contributed by atoms with E-state index in [0.717, 1.165) is 11.8 Å². The molecule has 1 unspecified atom stereocenters. The van der Waals surface area contributed by atoms with Crippen molar-refractivity contribution in [2.45, 2.75) is 52.9 Å². The molecule has 0 aromatic heterocycles. The molecule has 0 bridgehead atoms. The van der Waals surface area contributed by atoms with Crippen molar-refractivity contribution in [1.29, 1.82) is 0 Å². The van der Waals surface area contributed by atoms with E-state index in [1.165, 1.54) is 37.7 Å². The van der Waals surface area contributed by atoms with Gasteiger partial charge in [0.1, 0.15) is 0 Å². The Morgan fingerprint density at radius 1 is 1.33 bits per heavy atom. The van der Waals surface area contributed by atoms with E-state index in [2.05, 4.69) is 33.4 Å². The third-order valence-corrected chi connectivity index (χ3v) is 4.57. The Balaban J connectivity index is 2.12. The molecule has 0 N–H and O–H groups in total. The first-order valence-corrected chi connectivity index (χ1v) is 6.34. The van der Waals surface area contributed by atoms with E-state index >= 15 is 0 Å². The Bertz CT molecular complexity index is 293. The highest BCUT2D eigenvalue weighted by Gasteiger charge is 2.47. The first-order valence-electron chi connectivity index (χ1n) is 6.34. The van der Waals surface area contributed by atoms with Crippen LogP contribution in [-0.2, 0) is 0 Å². The summed E-state index contributed by atoms with van der Waals surface area (Å²) >= 11 is 0. The van der Waals surface area contributed by atoms with Gasteiger partial charge < -0.3 is 0 Å². The Labute approximate surface area is 94.5 Å². The molecule has 0 aromatic rings. The van der Waals surface area contributed by atoms with Crippen molar-refractivity contribution in [2.24, 2.45) is 17.3 Å². The molecule has 0 aliphatic heterocycles. The number of rotatable bonds is 0. The summed E-state index contributed by atoms with van der Waals surface area (Å²) in [6, 6.07) is 0. The maximum Gasteiger partial charge on any atom is -0.0167 e. The lowest BCUT2D eigenvalue weighted by molar-refractivity contribution is 0.00384. The van der Waals surface area contributed by atoms with Gasteiger partial charge in [-0.25, -0.2) is 0 Å². The van der Waals surface area contributed by atoms with Crippen LogP contribution in [0, 0.1) is 17.3 Å². The minimum atomic E-state index is 0.568. The highest BCUT2D eigenvalue weighted by molar-refractivity contribution is 5.16. The van der Waals surface area contributed by atoms with Crippen LogP contribution in [0.15, 0.2) is 23.8 Å². The SMILES string of the molecule is C=C1CC/C=C(\C)CC[C@H]2C1CC2(C)C. The maximum absolute atomic E-state index is 4.30. The van der Waals surface area contributed by atoms with Gasteiger partial charge in [0.05, 0.1) is 0 Å². The number of hydrogen-bond donors (Lipinski definition) is 0. The minimum absolute atomic E-state index is 0.568. The van der Waals surface area contributed by atoms with Gasteiger partial charge in [-0.1, -0.05) is 37.6 Å². The molecule has 2 rings (SSSR count). The molecule has 0 amide bonds. The minimum Gasteiger partial charge on any atom is -0.0996 e. The Hall–Kier alpha value is -0.520. The van der Waals surface area contributed by atoms with Crippen LogP contribution in [0.1, 0.15) is 52.9 Å². The van der Waals surface area contributed by atoms with Crippen molar-refractivity contribution < 1.29 is 0 Å². The normalized spacial score (nSPS) is 38.9. The fraction of sp³-hybridized carbons (Fsp3) is 0.733. The number of allylic oxidation sites excluding steroid dienone is 3. The van der Waals surface area contributed by atoms with E-state index in [-0.39, 0.29) is 0 Å². The van der Waals surface area contributed by atoms with Crippen LogP contribution < -0.4 is 0 Å². The van der Waals surface area contributed by atoms with E-state index < -0.39 is 0 Å². The molecule has 0 saturated heterocycles. The van der Waals surface area contributed by atoms with Crippen molar-refractivity contribution in [3.8, 4) is 0 Å². The molecule has 15 heavy (non-hydrogen) atoms. The van der Waals surface area contributed by atoms with Crippen molar-refractivity contribution in [2.75, 3.05) is 0 Å². The predicted octanol–water partition coefficient (Wildman–Crippen LogP) is 4.73. The lowest BCUT2D eigenvalue weighted by Crippen LogP contribution is -2.44. The smallest absolute Gasteiger partial charge is 0.0167 e. The average molecular weight is 204 g/mol. The van der Waals surface area contributed by atoms with Crippen LogP contribution in [0.5, 0.6) is 0 Å². The van der Waals surface area contributed by atoms with E-state index in [9.17, 15) is 0 Å². The summed E-state index contributed by atoms with van der Waals surface area (Å²) < 4.78 is 0. The maximum atomic E-state index is 4.30. The monoisotopic (exact) mass is 204 g/mol. The van der Waals surface area contributed by atoms with Crippen LogP contribution in [0.4, 0.5) is 0 Å². The lowest BCUT2D eigenvalue weighted by Gasteiger charge is -2.53. The van der Waals surface area contributed by atoms with Crippen molar-refractivity contribution in [3.63, 3.8) is 0 Å². The molecule has 0 spiro atoms. The number of fused-ring (bicyclic) bond motifs is 1. The van der Waals surface area contributed by atoms with Crippen LogP contribution in [-0.4, -0.2) is 0 Å². The zero-order valence-electron chi connectivity index (χ0n) is 10.5. The van der Waals surface area contributed by atoms with Gasteiger partial charge in [-0.2, -0.15) is 0 Å². The van der Waals surface area contributed by atoms with E-state index in [1.807, 2.05) is 0 Å². The van der Waals surface area contributed by atoms with Gasteiger partial charge in [0.15, 0.2) is 0 Å². The van der Waals surface area contributed by atoms with Gasteiger partial charge in [0.2, 0.25) is 0 Å². The van der Waals surface area contributed by atoms with Crippen LogP contribution in [0.3, 0.4) is 0 Å². The summed E-state index contributed by atoms with van der Waals surface area (Å²) in [7, 11) is 0. The number of hydrogen-bond acceptors (Lipinski definition) is 0. The lowest BCUT2D eigenvalue weighted by atomic mass is 9.52. The Kier molecular flexibility index (Phi) is 2.79. The Morgan fingerprint density at radius 3 is 2.73 bits per heavy atom. The summed E-state index contributed by atoms with van der Waals surface area (Å²) in [5, 5.41) is 0. The second-order valence-electron chi connectivity index (χ2n) is 6.19. The molecule has 84 valence electrons. The van der Waals surface area contributed by atoms with Crippen LogP contribution >= 0.6 is 0 Å². The van der Waals surface area contributed by atoms with Gasteiger partial charge in [-0.3, -0.25) is 0 Å². The first kappa shape index (κ1) is 11.0. The van der Waals surface area contributed by atoms with Crippen molar-refractivity contribution >= 4 is 0 Å². The zero-order valence-corrected chi connectivity index (χ0v) is 10.5. The molecular weight excluding hydrogens is 180 g/mol. The standard InChI is InChI=1S/C15H24/c1-11-6-5-7-12(2)13-10-15(3,4)14(13)9-8-11/h6,13-14H,2,5,7-10H2,1,3-4H3/b11-6+/t13?,14-/m0/s1. The van der Waals surface area contributed by atoms with E-state index in [1.54, 1.807) is 5.57 Å². The third-order valence-electron chi connectivity index (χ3n) is 4.57. The second kappa shape index (κ2) is 3.81. The highest BCUT2D eigenvalue weighted by Crippen LogP contribution is 2.56. The summed E-state index contributed by atoms with van der Waals surface area (Å²) in [4.78, 5) is 0. The molecular formula is C15H24. The fourth-order valence-electron chi connectivity index (χ4n) is 3.44. The molecule has 1 saturated carbocycles. The van der Waals surface area contributed by atoms with Crippen molar-refractivity contribution in [1.82, 2.24) is 0 Å². The fourth-order valence-corrected chi connectivity index (χ4v) is 3.44. The Morgan fingerprint density at radius 2 is 2.07 bits per heavy atom. The molecule has 2 atom stereocenters. The van der Waals surface area contributed by atoms with Gasteiger partial charge in [-0.05, 0) is 56.3 Å². The quantitative estimate of drug-likeness (QED) is 0.501. The van der Waals surface area contributed by atoms with Gasteiger partial charge >= 0.3 is 0 Å². The third kappa shape index (κ3) is 2.04. The van der Waals surface area contributed by atoms with Gasteiger partial charge in [-0.15, -0.1) is 0 Å². The molecule has 0 radical (unpaired) electrons. The van der Waals surface area contributed by atoms with Gasteiger partial charge in [0.25, 0.3) is 0 Å². The molecule has 1 fully saturated rings. The topological polar surface area (TPSA) is 0 Å². The van der Waals surface area contributed by atoms with E-state index in [0.29, 0.717) is 5.41 Å². The molecule has 0 heteroatoms. The van der Waals surface area contributed by atoms with E-state index in [4.69, 9.17) is 0 Å². The summed E-state index contributed by atoms with van der Waals surface area (Å²) in [6.45, 7) is 11.4. The van der Waals surface area contributed by atoms with Crippen LogP contribution in [0.2, 0.25) is 0 Å². The van der Waals surface area contributed by atoms with Crippen LogP contribution in [0.25, 0.3) is 0 Å². The summed E-state index contributed by atoms with van der Waals surface area (Å²) in [6.07, 6.45) is 8.90. The predicted molar refractivity (Wildman–Crippen MR) is 66.7 cm³/mol. The molecule has 0 aromatic carbocycles. The van der Waals surface area contributed by atoms with Gasteiger partial charge in [0, 0.05) is 0 Å². The molecule has 2 aliphatic carbocycles. The summed E-state index contributed by atoms with van der Waals surface area (Å²) in [5.74, 6) is 1.73. The second-order valence-corrected chi connectivity index (χ2v) is 6.19. The molecule has 2 aliphatic rings. The first-order chi connectivity index (χ1) is 7.00. The molecule has 0 nitrogen and oxygen atoms in total. The summed E-state index contributed by atoms with van der Waals surface area (Å²) in [5.41, 5.74) is 3.68. The highest BCUT2D eigenvalue weighted by atomic mass is 14.5. The molecule has 0 heterocycles. The largest absolute Gasteiger partial charge is 0.0996 e. The average Bonchev–Trinajstić information content (AvgIpc) is 2.18. The zero-order chi connectivity index (χ0) is 11.1.